The molecule has 3 radical (unpaired) electrons. The Morgan fingerprint density at radius 1 is 0.814 bits per heavy atom. The van der Waals surface area contributed by atoms with E-state index in [1.807, 2.05) is 52.4 Å². The highest BCUT2D eigenvalue weighted by molar-refractivity contribution is 6.91. The number of hydrogen-bond donors (Lipinski definition) is 0. The first-order valence-electron chi connectivity index (χ1n) is 12.9. The molecule has 6 nitrogen and oxygen atoms in total. The molecular weight excluding hydrogens is 682 g/mol. The molecule has 1 rings (SSSR count). The van der Waals surface area contributed by atoms with E-state index in [2.05, 4.69) is 4.74 Å². The second-order valence-electron chi connectivity index (χ2n) is 11.1. The van der Waals surface area contributed by atoms with Gasteiger partial charge in [-0.2, -0.15) is 39.5 Å². The molecule has 0 fully saturated rings. The van der Waals surface area contributed by atoms with Crippen molar-refractivity contribution in [3.8, 4) is 0 Å². The van der Waals surface area contributed by atoms with Gasteiger partial charge in [0, 0.05) is 18.8 Å². The van der Waals surface area contributed by atoms with Crippen LogP contribution in [-0.4, -0.2) is 81.3 Å². The molecular formula is C23H37F9NO5Si5. The second-order valence-corrected chi connectivity index (χ2v) is 25.7. The summed E-state index contributed by atoms with van der Waals surface area (Å²) in [6, 6.07) is 6.51. The van der Waals surface area contributed by atoms with Gasteiger partial charge >= 0.3 is 39.0 Å². The van der Waals surface area contributed by atoms with E-state index in [0.29, 0.717) is 24.3 Å². The number of carbonyl (C=O) groups excluding carboxylic acids is 1. The number of likely N-dealkylation sites (N-methyl/N-ethyl adjacent to an activating group) is 1. The molecule has 0 aliphatic rings. The lowest BCUT2D eigenvalue weighted by Gasteiger charge is -2.37. The van der Waals surface area contributed by atoms with Crippen LogP contribution >= 0.6 is 0 Å². The topological polar surface area (TPSA) is 57.2 Å². The summed E-state index contributed by atoms with van der Waals surface area (Å²) in [7, 11) is -8.61. The highest BCUT2D eigenvalue weighted by atomic mass is 28.5. The van der Waals surface area contributed by atoms with Crippen molar-refractivity contribution in [2.45, 2.75) is 95.2 Å². The SMILES string of the molecule is CN(C(=O)C(F)(OC(F)(F)CC(F)(F)F)C(F)(F)F)c1cccc([Si](C)(C)CC[Si](O[Si](C)C)(O[Si](C)C)O[Si](C)C)c1. The molecule has 0 saturated heterocycles. The Balaban J connectivity index is 3.40. The summed E-state index contributed by atoms with van der Waals surface area (Å²) in [4.78, 5) is 12.7. The molecule has 0 bridgehead atoms. The van der Waals surface area contributed by atoms with Crippen LogP contribution in [0.15, 0.2) is 24.3 Å². The average Bonchev–Trinajstić information content (AvgIpc) is 2.78. The Hall–Kier alpha value is -1.02. The minimum Gasteiger partial charge on any atom is -0.416 e. The van der Waals surface area contributed by atoms with E-state index in [1.165, 1.54) is 12.1 Å². The third kappa shape index (κ3) is 12.0. The molecule has 0 aliphatic carbocycles. The van der Waals surface area contributed by atoms with Crippen LogP contribution in [0.1, 0.15) is 6.42 Å². The van der Waals surface area contributed by atoms with Crippen LogP contribution in [-0.2, 0) is 21.9 Å². The number of benzene rings is 1. The Morgan fingerprint density at radius 3 is 1.67 bits per heavy atom. The van der Waals surface area contributed by atoms with Crippen LogP contribution in [0.3, 0.4) is 0 Å². The fraction of sp³-hybridized carbons (Fsp3) is 0.696. The van der Waals surface area contributed by atoms with Gasteiger partial charge in [-0.3, -0.25) is 9.53 Å². The lowest BCUT2D eigenvalue weighted by atomic mass is 10.2. The van der Waals surface area contributed by atoms with Crippen LogP contribution < -0.4 is 10.1 Å². The van der Waals surface area contributed by atoms with E-state index >= 15 is 0 Å². The van der Waals surface area contributed by atoms with Crippen molar-refractivity contribution in [3.05, 3.63) is 24.3 Å². The van der Waals surface area contributed by atoms with Crippen molar-refractivity contribution < 1.29 is 61.4 Å². The van der Waals surface area contributed by atoms with E-state index in [4.69, 9.17) is 12.3 Å². The maximum Gasteiger partial charge on any atom is 0.469 e. The molecule has 247 valence electrons. The Labute approximate surface area is 253 Å². The van der Waals surface area contributed by atoms with Gasteiger partial charge in [0.25, 0.3) is 0 Å². The summed E-state index contributed by atoms with van der Waals surface area (Å²) in [5.41, 5.74) is -0.308. The molecule has 1 aromatic rings. The molecule has 1 atom stereocenters. The number of carbonyl (C=O) groups is 1. The normalized spacial score (nSPS) is 15.4. The fourth-order valence-electron chi connectivity index (χ4n) is 3.92. The van der Waals surface area contributed by atoms with E-state index in [0.717, 1.165) is 6.07 Å². The molecule has 20 heteroatoms. The number of alkyl halides is 9. The van der Waals surface area contributed by atoms with Gasteiger partial charge < -0.3 is 17.2 Å². The summed E-state index contributed by atoms with van der Waals surface area (Å²) < 4.78 is 143. The van der Waals surface area contributed by atoms with Crippen molar-refractivity contribution >= 4 is 60.8 Å². The quantitative estimate of drug-likeness (QED) is 0.143. The smallest absolute Gasteiger partial charge is 0.416 e. The molecule has 0 aliphatic heterocycles. The summed E-state index contributed by atoms with van der Waals surface area (Å²) in [5.74, 6) is -8.43. The summed E-state index contributed by atoms with van der Waals surface area (Å²) >= 11 is 0. The summed E-state index contributed by atoms with van der Waals surface area (Å²) in [6.07, 6.45) is -21.1. The van der Waals surface area contributed by atoms with Crippen LogP contribution in [0.2, 0.25) is 64.5 Å². The van der Waals surface area contributed by atoms with Crippen molar-refractivity contribution in [2.75, 3.05) is 11.9 Å². The zero-order chi connectivity index (χ0) is 33.8. The van der Waals surface area contributed by atoms with E-state index < -0.39 is 80.6 Å². The van der Waals surface area contributed by atoms with Crippen molar-refractivity contribution in [1.29, 1.82) is 0 Å². The molecule has 0 saturated carbocycles. The minimum atomic E-state index is -6.43. The lowest BCUT2D eigenvalue weighted by molar-refractivity contribution is -0.406. The average molecular weight is 719 g/mol. The Kier molecular flexibility index (Phi) is 13.6. The summed E-state index contributed by atoms with van der Waals surface area (Å²) in [5, 5.41) is 0.614. The van der Waals surface area contributed by atoms with E-state index in [1.54, 1.807) is 6.07 Å². The number of ether oxygens (including phenoxy) is 1. The zero-order valence-corrected chi connectivity index (χ0v) is 30.3. The number of rotatable bonds is 15. The van der Waals surface area contributed by atoms with Gasteiger partial charge in [-0.05, 0) is 57.5 Å². The standard InChI is InChI=1S/C23H37F9NO5Si5/c1-33(19(34)22(29,23(30,31)32)35-21(27,28)16-20(24,25)26)17-11-10-12-18(15-17)42(8,9)13-14-43(36-39(2)3,37-40(4)5)38-41(6)7/h10-12,15H,13-14,16H2,1-9H3. The van der Waals surface area contributed by atoms with Crippen molar-refractivity contribution in [1.82, 2.24) is 0 Å². The molecule has 0 aromatic heterocycles. The first kappa shape index (κ1) is 40.0. The number of amides is 1. The Bertz CT molecular complexity index is 1050. The lowest BCUT2D eigenvalue weighted by Crippen LogP contribution is -2.59. The molecule has 1 amide bonds. The first-order chi connectivity index (χ1) is 19.2. The number of anilines is 1. The van der Waals surface area contributed by atoms with Gasteiger partial charge in [-0.1, -0.05) is 30.4 Å². The monoisotopic (exact) mass is 718 g/mol. The van der Waals surface area contributed by atoms with Crippen LogP contribution in [0, 0.1) is 0 Å². The number of hydrogen-bond acceptors (Lipinski definition) is 5. The van der Waals surface area contributed by atoms with E-state index in [9.17, 15) is 44.3 Å². The molecule has 0 spiro atoms. The molecule has 0 heterocycles. The molecule has 0 N–H and O–H groups in total. The maximum absolute atomic E-state index is 15.0. The number of halogens is 9. The second kappa shape index (κ2) is 14.6. The minimum absolute atomic E-state index is 0.0914. The zero-order valence-electron chi connectivity index (χ0n) is 25.3. The van der Waals surface area contributed by atoms with Gasteiger partial charge in [0.2, 0.25) is 0 Å². The van der Waals surface area contributed by atoms with Gasteiger partial charge in [0.15, 0.2) is 27.1 Å². The predicted octanol–water partition coefficient (Wildman–Crippen LogP) is 7.10. The fourth-order valence-corrected chi connectivity index (χ4v) is 19.3. The van der Waals surface area contributed by atoms with Crippen LogP contribution in [0.5, 0.6) is 0 Å². The molecule has 43 heavy (non-hydrogen) atoms. The van der Waals surface area contributed by atoms with E-state index in [-0.39, 0.29) is 10.6 Å². The van der Waals surface area contributed by atoms with Gasteiger partial charge in [0.1, 0.15) is 6.42 Å². The van der Waals surface area contributed by atoms with Crippen molar-refractivity contribution in [2.24, 2.45) is 0 Å². The predicted molar refractivity (Wildman–Crippen MR) is 155 cm³/mol. The summed E-state index contributed by atoms with van der Waals surface area (Å²) in [6.45, 7) is 15.7. The van der Waals surface area contributed by atoms with Gasteiger partial charge in [-0.25, -0.2) is 0 Å². The maximum atomic E-state index is 15.0. The van der Waals surface area contributed by atoms with Crippen LogP contribution in [0.4, 0.5) is 45.2 Å². The third-order valence-corrected chi connectivity index (χ3v) is 19.2. The highest BCUT2D eigenvalue weighted by Crippen LogP contribution is 2.44. The van der Waals surface area contributed by atoms with Gasteiger partial charge in [0.05, 0.1) is 8.07 Å². The van der Waals surface area contributed by atoms with Crippen LogP contribution in [0.25, 0.3) is 0 Å². The highest BCUT2D eigenvalue weighted by Gasteiger charge is 2.69. The van der Waals surface area contributed by atoms with Gasteiger partial charge in [-0.15, -0.1) is 0 Å². The Morgan fingerprint density at radius 2 is 1.28 bits per heavy atom. The number of nitrogens with zero attached hydrogens (tertiary/aromatic N) is 1. The van der Waals surface area contributed by atoms with Crippen molar-refractivity contribution in [3.63, 3.8) is 0 Å². The largest absolute Gasteiger partial charge is 0.469 e. The molecule has 1 unspecified atom stereocenters. The third-order valence-electron chi connectivity index (χ3n) is 5.79. The first-order valence-corrected chi connectivity index (χ1v) is 25.3. The molecule has 1 aromatic carbocycles.